The van der Waals surface area contributed by atoms with Gasteiger partial charge >= 0.3 is 0 Å². The highest BCUT2D eigenvalue weighted by Crippen LogP contribution is 2.27. The van der Waals surface area contributed by atoms with Crippen LogP contribution in [0.5, 0.6) is 11.5 Å². The molecule has 2 aromatic rings. The van der Waals surface area contributed by atoms with Crippen LogP contribution in [0.1, 0.15) is 18.4 Å². The van der Waals surface area contributed by atoms with Crippen molar-refractivity contribution in [2.45, 2.75) is 20.1 Å². The molecule has 0 fully saturated rings. The molecular formula is C15H19NO3. The third-order valence-electron chi connectivity index (χ3n) is 2.59. The molecule has 0 aliphatic heterocycles. The van der Waals surface area contributed by atoms with E-state index in [9.17, 15) is 0 Å². The maximum atomic E-state index is 5.73. The summed E-state index contributed by atoms with van der Waals surface area (Å²) in [5.74, 6) is 3.19. The average Bonchev–Trinajstić information content (AvgIpc) is 2.86. The zero-order valence-electron chi connectivity index (χ0n) is 11.3. The molecule has 1 aromatic carbocycles. The van der Waals surface area contributed by atoms with Crippen molar-refractivity contribution in [1.29, 1.82) is 0 Å². The third-order valence-corrected chi connectivity index (χ3v) is 2.59. The van der Waals surface area contributed by atoms with Crippen molar-refractivity contribution >= 4 is 0 Å². The van der Waals surface area contributed by atoms with Gasteiger partial charge in [0.1, 0.15) is 18.1 Å². The van der Waals surface area contributed by atoms with E-state index < -0.39 is 0 Å². The second-order valence-electron chi connectivity index (χ2n) is 4.07. The molecule has 0 amide bonds. The van der Waals surface area contributed by atoms with Gasteiger partial charge in [-0.2, -0.15) is 0 Å². The monoisotopic (exact) mass is 261 g/mol. The van der Waals surface area contributed by atoms with E-state index in [0.29, 0.717) is 13.2 Å². The normalized spacial score (nSPS) is 10.4. The lowest BCUT2D eigenvalue weighted by molar-refractivity contribution is 0.244. The zero-order valence-corrected chi connectivity index (χ0v) is 11.3. The van der Waals surface area contributed by atoms with Crippen LogP contribution in [0.4, 0.5) is 0 Å². The molecule has 4 nitrogen and oxygen atoms in total. The summed E-state index contributed by atoms with van der Waals surface area (Å²) in [6, 6.07) is 11.5. The number of hydrogen-bond acceptors (Lipinski definition) is 4. The van der Waals surface area contributed by atoms with E-state index in [1.807, 2.05) is 50.4 Å². The van der Waals surface area contributed by atoms with Gasteiger partial charge in [-0.05, 0) is 38.2 Å². The Balaban J connectivity index is 1.97. The van der Waals surface area contributed by atoms with Gasteiger partial charge in [-0.1, -0.05) is 12.1 Å². The summed E-state index contributed by atoms with van der Waals surface area (Å²) >= 11 is 0. The van der Waals surface area contributed by atoms with E-state index in [0.717, 1.165) is 29.6 Å². The molecule has 2 rings (SSSR count). The van der Waals surface area contributed by atoms with Gasteiger partial charge in [-0.15, -0.1) is 0 Å². The van der Waals surface area contributed by atoms with E-state index in [1.165, 1.54) is 0 Å². The molecule has 1 aromatic heterocycles. The first-order valence-corrected chi connectivity index (χ1v) is 6.40. The number of nitrogens with one attached hydrogen (secondary N) is 1. The van der Waals surface area contributed by atoms with Crippen LogP contribution in [0.3, 0.4) is 0 Å². The molecule has 4 heteroatoms. The van der Waals surface area contributed by atoms with Gasteiger partial charge in [0, 0.05) is 0 Å². The van der Waals surface area contributed by atoms with Crippen molar-refractivity contribution in [2.75, 3.05) is 13.7 Å². The van der Waals surface area contributed by atoms with E-state index in [2.05, 4.69) is 5.32 Å². The molecule has 0 saturated heterocycles. The highest BCUT2D eigenvalue weighted by molar-refractivity contribution is 5.39. The average molecular weight is 261 g/mol. The van der Waals surface area contributed by atoms with Gasteiger partial charge in [0.05, 0.1) is 13.2 Å². The number of benzene rings is 1. The van der Waals surface area contributed by atoms with Gasteiger partial charge in [-0.3, -0.25) is 0 Å². The molecule has 1 heterocycles. The fraction of sp³-hybridized carbons (Fsp3) is 0.333. The summed E-state index contributed by atoms with van der Waals surface area (Å²) in [6.07, 6.45) is 0. The second kappa shape index (κ2) is 6.85. The Morgan fingerprint density at radius 2 is 1.68 bits per heavy atom. The number of rotatable bonds is 7. The fourth-order valence-electron chi connectivity index (χ4n) is 1.76. The van der Waals surface area contributed by atoms with Gasteiger partial charge in [0.15, 0.2) is 11.5 Å². The molecular weight excluding hydrogens is 242 g/mol. The lowest BCUT2D eigenvalue weighted by Gasteiger charge is -2.10. The number of para-hydroxylation sites is 2. The molecule has 19 heavy (non-hydrogen) atoms. The van der Waals surface area contributed by atoms with Crippen molar-refractivity contribution in [1.82, 2.24) is 5.32 Å². The van der Waals surface area contributed by atoms with Crippen LogP contribution in [0.2, 0.25) is 0 Å². The standard InChI is InChI=1S/C15H19NO3/c1-3-17-14-6-4-5-7-15(14)18-11-13-9-8-12(19-13)10-16-2/h4-9,16H,3,10-11H2,1-2H3. The van der Waals surface area contributed by atoms with E-state index in [1.54, 1.807) is 0 Å². The van der Waals surface area contributed by atoms with E-state index in [-0.39, 0.29) is 0 Å². The summed E-state index contributed by atoms with van der Waals surface area (Å²) in [7, 11) is 1.89. The Hall–Kier alpha value is -1.94. The minimum Gasteiger partial charge on any atom is -0.490 e. The second-order valence-corrected chi connectivity index (χ2v) is 4.07. The van der Waals surface area contributed by atoms with Gasteiger partial charge < -0.3 is 19.2 Å². The Bertz CT molecular complexity index is 508. The summed E-state index contributed by atoms with van der Waals surface area (Å²) in [6.45, 7) is 3.68. The first-order chi connectivity index (χ1) is 9.33. The lowest BCUT2D eigenvalue weighted by atomic mass is 10.3. The predicted octanol–water partition coefficient (Wildman–Crippen LogP) is 2.98. The van der Waals surface area contributed by atoms with Crippen LogP contribution in [0, 0.1) is 0 Å². The minimum atomic E-state index is 0.397. The summed E-state index contributed by atoms with van der Waals surface area (Å²) < 4.78 is 16.8. The maximum Gasteiger partial charge on any atom is 0.161 e. The molecule has 0 unspecified atom stereocenters. The van der Waals surface area contributed by atoms with Crippen LogP contribution in [0.15, 0.2) is 40.8 Å². The quantitative estimate of drug-likeness (QED) is 0.832. The van der Waals surface area contributed by atoms with Crippen molar-refractivity contribution in [3.8, 4) is 11.5 Å². The summed E-state index contributed by atoms with van der Waals surface area (Å²) in [5, 5.41) is 3.04. The first-order valence-electron chi connectivity index (χ1n) is 6.40. The summed E-state index contributed by atoms with van der Waals surface area (Å²) in [4.78, 5) is 0. The molecule has 0 aliphatic rings. The minimum absolute atomic E-state index is 0.397. The molecule has 0 atom stereocenters. The Morgan fingerprint density at radius 3 is 2.37 bits per heavy atom. The Morgan fingerprint density at radius 1 is 1.00 bits per heavy atom. The van der Waals surface area contributed by atoms with Crippen LogP contribution >= 0.6 is 0 Å². The SMILES string of the molecule is CCOc1ccccc1OCc1ccc(CNC)o1. The highest BCUT2D eigenvalue weighted by Gasteiger charge is 2.06. The number of furan rings is 1. The third kappa shape index (κ3) is 3.76. The first kappa shape index (κ1) is 13.5. The van der Waals surface area contributed by atoms with Crippen molar-refractivity contribution in [2.24, 2.45) is 0 Å². The van der Waals surface area contributed by atoms with Crippen molar-refractivity contribution < 1.29 is 13.9 Å². The lowest BCUT2D eigenvalue weighted by Crippen LogP contribution is -2.03. The van der Waals surface area contributed by atoms with Gasteiger partial charge in [0.25, 0.3) is 0 Å². The van der Waals surface area contributed by atoms with Gasteiger partial charge in [0.2, 0.25) is 0 Å². The van der Waals surface area contributed by atoms with Crippen LogP contribution in [-0.4, -0.2) is 13.7 Å². The van der Waals surface area contributed by atoms with Crippen molar-refractivity contribution in [3.05, 3.63) is 47.9 Å². The largest absolute Gasteiger partial charge is 0.490 e. The number of hydrogen-bond donors (Lipinski definition) is 1. The Kier molecular flexibility index (Phi) is 4.86. The van der Waals surface area contributed by atoms with E-state index in [4.69, 9.17) is 13.9 Å². The molecule has 0 aliphatic carbocycles. The van der Waals surface area contributed by atoms with Crippen LogP contribution < -0.4 is 14.8 Å². The molecule has 0 spiro atoms. The number of ether oxygens (including phenoxy) is 2. The van der Waals surface area contributed by atoms with Crippen LogP contribution in [0.25, 0.3) is 0 Å². The maximum absolute atomic E-state index is 5.73. The highest BCUT2D eigenvalue weighted by atomic mass is 16.5. The predicted molar refractivity (Wildman–Crippen MR) is 73.4 cm³/mol. The fourth-order valence-corrected chi connectivity index (χ4v) is 1.76. The van der Waals surface area contributed by atoms with Gasteiger partial charge in [-0.25, -0.2) is 0 Å². The molecule has 0 bridgehead atoms. The van der Waals surface area contributed by atoms with Crippen LogP contribution in [-0.2, 0) is 13.2 Å². The molecule has 0 saturated carbocycles. The van der Waals surface area contributed by atoms with Crippen molar-refractivity contribution in [3.63, 3.8) is 0 Å². The summed E-state index contributed by atoms with van der Waals surface area (Å²) in [5.41, 5.74) is 0. The molecule has 0 radical (unpaired) electrons. The zero-order chi connectivity index (χ0) is 13.5. The topological polar surface area (TPSA) is 43.6 Å². The smallest absolute Gasteiger partial charge is 0.161 e. The van der Waals surface area contributed by atoms with E-state index >= 15 is 0 Å². The molecule has 102 valence electrons. The molecule has 1 N–H and O–H groups in total. The Labute approximate surface area is 113 Å².